The lowest BCUT2D eigenvalue weighted by molar-refractivity contribution is 0.824. The van der Waals surface area contributed by atoms with Gasteiger partial charge >= 0.3 is 0 Å². The van der Waals surface area contributed by atoms with Gasteiger partial charge in [0.2, 0.25) is 0 Å². The number of hydrogen-bond donors (Lipinski definition) is 0. The normalized spacial score (nSPS) is 6.00. The van der Waals surface area contributed by atoms with Gasteiger partial charge in [-0.1, -0.05) is 36.4 Å². The Morgan fingerprint density at radius 3 is 0.750 bits per heavy atom. The van der Waals surface area contributed by atoms with Crippen LogP contribution in [0.4, 0.5) is 0 Å². The molecule has 0 amide bonds. The summed E-state index contributed by atoms with van der Waals surface area (Å²) in [5.74, 6) is 0. The van der Waals surface area contributed by atoms with Crippen molar-refractivity contribution in [1.82, 2.24) is 0 Å². The fraction of sp³-hybridized carbons (Fsp3) is 0. The molecule has 1 aromatic rings. The molecular weight excluding hydrogens is 116 g/mol. The minimum Gasteiger partial charge on any atom is -0.412 e. The third-order valence-corrected chi connectivity index (χ3v) is 0.667. The summed E-state index contributed by atoms with van der Waals surface area (Å²) in [6, 6.07) is 12.0. The van der Waals surface area contributed by atoms with Gasteiger partial charge in [-0.2, -0.15) is 0 Å². The summed E-state index contributed by atoms with van der Waals surface area (Å²) in [5.41, 5.74) is 0. The molecule has 1 nitrogen and oxygen atoms in total. The second kappa shape index (κ2) is 6.40. The van der Waals surface area contributed by atoms with Crippen molar-refractivity contribution in [3.8, 4) is 0 Å². The summed E-state index contributed by atoms with van der Waals surface area (Å²) in [5, 5.41) is 0. The highest BCUT2D eigenvalue weighted by Gasteiger charge is 1.57. The standard InChI is InChI=1S/C6H6.H2O.Si/c1-2-4-6-5-3-1;;/h1-6H;1H2;. The first kappa shape index (κ1) is 10.4. The Hall–Kier alpha value is -0.603. The van der Waals surface area contributed by atoms with Gasteiger partial charge in [0, 0.05) is 11.0 Å². The Balaban J connectivity index is 0. The zero-order valence-corrected chi connectivity index (χ0v) is 5.46. The van der Waals surface area contributed by atoms with Crippen LogP contribution in [0, 0.1) is 0 Å². The predicted octanol–water partition coefficient (Wildman–Crippen LogP) is 0.481. The van der Waals surface area contributed by atoms with Crippen molar-refractivity contribution in [3.63, 3.8) is 0 Å². The van der Waals surface area contributed by atoms with Gasteiger partial charge in [-0.25, -0.2) is 0 Å². The Labute approximate surface area is 53.7 Å². The molecule has 1 aromatic carbocycles. The summed E-state index contributed by atoms with van der Waals surface area (Å²) in [6.07, 6.45) is 0. The Kier molecular flexibility index (Phi) is 8.31. The van der Waals surface area contributed by atoms with E-state index in [1.165, 1.54) is 0 Å². The molecule has 0 aliphatic rings. The van der Waals surface area contributed by atoms with Gasteiger partial charge in [0.05, 0.1) is 0 Å². The predicted molar refractivity (Wildman–Crippen MR) is 35.8 cm³/mol. The molecule has 0 aliphatic carbocycles. The van der Waals surface area contributed by atoms with Crippen LogP contribution in [0.25, 0.3) is 0 Å². The van der Waals surface area contributed by atoms with Gasteiger partial charge in [0.25, 0.3) is 0 Å². The van der Waals surface area contributed by atoms with E-state index >= 15 is 0 Å². The third-order valence-electron chi connectivity index (χ3n) is 0.667. The highest BCUT2D eigenvalue weighted by Crippen LogP contribution is 1.79. The third kappa shape index (κ3) is 3.58. The van der Waals surface area contributed by atoms with Crippen LogP contribution >= 0.6 is 0 Å². The van der Waals surface area contributed by atoms with E-state index < -0.39 is 0 Å². The molecule has 2 heteroatoms. The summed E-state index contributed by atoms with van der Waals surface area (Å²) >= 11 is 0. The largest absolute Gasteiger partial charge is 0.412 e. The van der Waals surface area contributed by atoms with E-state index in [0.29, 0.717) is 0 Å². The van der Waals surface area contributed by atoms with E-state index in [2.05, 4.69) is 0 Å². The molecule has 0 saturated heterocycles. The lowest BCUT2D eigenvalue weighted by atomic mass is 10.4. The van der Waals surface area contributed by atoms with Crippen molar-refractivity contribution in [2.45, 2.75) is 0 Å². The van der Waals surface area contributed by atoms with Crippen LogP contribution in [-0.4, -0.2) is 16.4 Å². The van der Waals surface area contributed by atoms with Crippen LogP contribution in [-0.2, 0) is 0 Å². The monoisotopic (exact) mass is 124 g/mol. The maximum absolute atomic E-state index is 2.00. The van der Waals surface area contributed by atoms with Crippen LogP contribution < -0.4 is 0 Å². The maximum atomic E-state index is 2.00. The van der Waals surface area contributed by atoms with Crippen LogP contribution in [0.5, 0.6) is 0 Å². The average Bonchev–Trinajstić information content (AvgIpc) is 1.72. The molecule has 0 saturated carbocycles. The van der Waals surface area contributed by atoms with E-state index in [1.54, 1.807) is 0 Å². The fourth-order valence-corrected chi connectivity index (χ4v) is 0.385. The molecule has 0 aromatic heterocycles. The smallest absolute Gasteiger partial charge is 0 e. The minimum atomic E-state index is 0. The Morgan fingerprint density at radius 1 is 0.500 bits per heavy atom. The van der Waals surface area contributed by atoms with Crippen LogP contribution in [0.2, 0.25) is 0 Å². The van der Waals surface area contributed by atoms with Gasteiger partial charge in [-0.15, -0.1) is 0 Å². The molecule has 0 atom stereocenters. The van der Waals surface area contributed by atoms with Gasteiger partial charge in [-0.05, 0) is 0 Å². The number of hydrogen-bond acceptors (Lipinski definition) is 0. The van der Waals surface area contributed by atoms with Gasteiger partial charge in [0.15, 0.2) is 0 Å². The second-order valence-corrected chi connectivity index (χ2v) is 1.15. The lowest BCUT2D eigenvalue weighted by Crippen LogP contribution is -1.47. The lowest BCUT2D eigenvalue weighted by Gasteiger charge is -1.69. The number of benzene rings is 1. The van der Waals surface area contributed by atoms with Gasteiger partial charge < -0.3 is 5.48 Å². The van der Waals surface area contributed by atoms with Gasteiger partial charge in [-0.3, -0.25) is 0 Å². The average molecular weight is 124 g/mol. The zero-order chi connectivity index (χ0) is 4.24. The highest BCUT2D eigenvalue weighted by atomic mass is 28.1. The molecule has 0 unspecified atom stereocenters. The minimum absolute atomic E-state index is 0. The molecule has 0 bridgehead atoms. The summed E-state index contributed by atoms with van der Waals surface area (Å²) in [4.78, 5) is 0. The first-order chi connectivity index (χ1) is 3.00. The van der Waals surface area contributed by atoms with Crippen molar-refractivity contribution < 1.29 is 5.48 Å². The molecule has 4 radical (unpaired) electrons. The molecule has 0 fully saturated rings. The first-order valence-electron chi connectivity index (χ1n) is 2.00. The second-order valence-electron chi connectivity index (χ2n) is 1.15. The highest BCUT2D eigenvalue weighted by molar-refractivity contribution is 5.75. The summed E-state index contributed by atoms with van der Waals surface area (Å²) in [6.45, 7) is 0. The molecule has 1 rings (SSSR count). The van der Waals surface area contributed by atoms with Crippen LogP contribution in [0.3, 0.4) is 0 Å². The Bertz CT molecular complexity index is 80.5. The summed E-state index contributed by atoms with van der Waals surface area (Å²) < 4.78 is 0. The van der Waals surface area contributed by atoms with Crippen molar-refractivity contribution in [2.24, 2.45) is 0 Å². The quantitative estimate of drug-likeness (QED) is 0.451. The first-order valence-corrected chi connectivity index (χ1v) is 2.00. The zero-order valence-electron chi connectivity index (χ0n) is 4.46. The van der Waals surface area contributed by atoms with E-state index in [4.69, 9.17) is 0 Å². The maximum Gasteiger partial charge on any atom is 0 e. The van der Waals surface area contributed by atoms with E-state index in [1.807, 2.05) is 36.4 Å². The van der Waals surface area contributed by atoms with E-state index in [-0.39, 0.29) is 16.4 Å². The molecule has 0 aliphatic heterocycles. The van der Waals surface area contributed by atoms with Gasteiger partial charge in [0.1, 0.15) is 0 Å². The molecule has 2 N–H and O–H groups in total. The summed E-state index contributed by atoms with van der Waals surface area (Å²) in [7, 11) is 0. The fourth-order valence-electron chi connectivity index (χ4n) is 0.385. The van der Waals surface area contributed by atoms with Crippen molar-refractivity contribution in [2.75, 3.05) is 0 Å². The van der Waals surface area contributed by atoms with E-state index in [9.17, 15) is 0 Å². The van der Waals surface area contributed by atoms with Crippen LogP contribution in [0.15, 0.2) is 36.4 Å². The molecule has 0 heterocycles. The molecule has 0 spiro atoms. The van der Waals surface area contributed by atoms with Crippen molar-refractivity contribution >= 4 is 11.0 Å². The Morgan fingerprint density at radius 2 is 0.625 bits per heavy atom. The topological polar surface area (TPSA) is 31.5 Å². The van der Waals surface area contributed by atoms with E-state index in [0.717, 1.165) is 0 Å². The molecule has 42 valence electrons. The van der Waals surface area contributed by atoms with Crippen LogP contribution in [0.1, 0.15) is 0 Å². The molecule has 8 heavy (non-hydrogen) atoms. The van der Waals surface area contributed by atoms with Crippen molar-refractivity contribution in [1.29, 1.82) is 0 Å². The van der Waals surface area contributed by atoms with Crippen molar-refractivity contribution in [3.05, 3.63) is 36.4 Å². The number of rotatable bonds is 0. The molecular formula is C6H8OSi. The SMILES string of the molecule is O.[Si].c1ccccc1.